The van der Waals surface area contributed by atoms with E-state index in [9.17, 15) is 19.8 Å². The molecule has 1 unspecified atom stereocenters. The molecule has 1 atom stereocenters. The van der Waals surface area contributed by atoms with Gasteiger partial charge in [-0.1, -0.05) is 6.07 Å². The van der Waals surface area contributed by atoms with Gasteiger partial charge in [0, 0.05) is 5.57 Å². The molecular formula is C14H14O6. The summed E-state index contributed by atoms with van der Waals surface area (Å²) in [5.41, 5.74) is 0.451. The number of benzene rings is 1. The fourth-order valence-corrected chi connectivity index (χ4v) is 2.34. The molecule has 1 aliphatic rings. The van der Waals surface area contributed by atoms with E-state index in [-0.39, 0.29) is 29.1 Å². The van der Waals surface area contributed by atoms with Crippen molar-refractivity contribution < 1.29 is 29.3 Å². The number of hydrogen-bond donors (Lipinski definition) is 2. The Balaban J connectivity index is 2.59. The third-order valence-corrected chi connectivity index (χ3v) is 3.36. The van der Waals surface area contributed by atoms with Gasteiger partial charge < -0.3 is 19.7 Å². The van der Waals surface area contributed by atoms with E-state index in [1.807, 2.05) is 0 Å². The number of phenolic OH excluding ortho intramolecular Hbond substituents is 1. The van der Waals surface area contributed by atoms with Crippen LogP contribution in [0.4, 0.5) is 0 Å². The molecule has 2 rings (SSSR count). The maximum Gasteiger partial charge on any atom is 0.313 e. The third-order valence-electron chi connectivity index (χ3n) is 3.36. The van der Waals surface area contributed by atoms with Gasteiger partial charge in [0.2, 0.25) is 0 Å². The average Bonchev–Trinajstić information content (AvgIpc) is 2.46. The zero-order valence-electron chi connectivity index (χ0n) is 11.0. The molecule has 1 aliphatic carbocycles. The predicted molar refractivity (Wildman–Crippen MR) is 68.9 cm³/mol. The summed E-state index contributed by atoms with van der Waals surface area (Å²) in [5, 5.41) is 19.2. The summed E-state index contributed by atoms with van der Waals surface area (Å²) in [6.45, 7) is 0. The van der Waals surface area contributed by atoms with Crippen molar-refractivity contribution in [1.29, 1.82) is 0 Å². The van der Waals surface area contributed by atoms with Crippen LogP contribution in [0.5, 0.6) is 11.5 Å². The Labute approximate surface area is 115 Å². The SMILES string of the molecule is COC(=O)C1Cc2ccc(OC)c(O)c2C(=O)/C1=C\O. The van der Waals surface area contributed by atoms with Crippen molar-refractivity contribution in [3.8, 4) is 11.5 Å². The highest BCUT2D eigenvalue weighted by molar-refractivity contribution is 6.15. The number of ether oxygens (including phenoxy) is 2. The first kappa shape index (κ1) is 13.9. The Morgan fingerprint density at radius 3 is 2.65 bits per heavy atom. The zero-order chi connectivity index (χ0) is 14.9. The lowest BCUT2D eigenvalue weighted by molar-refractivity contribution is -0.144. The number of aromatic hydroxyl groups is 1. The van der Waals surface area contributed by atoms with Crippen LogP contribution in [0.2, 0.25) is 0 Å². The van der Waals surface area contributed by atoms with Crippen molar-refractivity contribution in [2.75, 3.05) is 14.2 Å². The molecule has 1 aromatic rings. The van der Waals surface area contributed by atoms with Gasteiger partial charge in [-0.15, -0.1) is 0 Å². The van der Waals surface area contributed by atoms with E-state index in [1.165, 1.54) is 20.3 Å². The lowest BCUT2D eigenvalue weighted by Crippen LogP contribution is -2.30. The smallest absolute Gasteiger partial charge is 0.313 e. The fraction of sp³-hybridized carbons (Fsp3) is 0.286. The van der Waals surface area contributed by atoms with Crippen LogP contribution in [0.15, 0.2) is 24.0 Å². The van der Waals surface area contributed by atoms with Crippen molar-refractivity contribution >= 4 is 11.8 Å². The molecule has 0 aliphatic heterocycles. The van der Waals surface area contributed by atoms with Crippen LogP contribution in [0.3, 0.4) is 0 Å². The normalized spacial score (nSPS) is 19.6. The first-order valence-corrected chi connectivity index (χ1v) is 5.90. The summed E-state index contributed by atoms with van der Waals surface area (Å²) in [5.74, 6) is -2.23. The van der Waals surface area contributed by atoms with Gasteiger partial charge in [0.25, 0.3) is 0 Å². The molecule has 0 saturated carbocycles. The van der Waals surface area contributed by atoms with Gasteiger partial charge >= 0.3 is 5.97 Å². The molecule has 0 heterocycles. The summed E-state index contributed by atoms with van der Waals surface area (Å²) in [4.78, 5) is 24.0. The minimum Gasteiger partial charge on any atom is -0.515 e. The highest BCUT2D eigenvalue weighted by Gasteiger charge is 2.38. The first-order valence-electron chi connectivity index (χ1n) is 5.90. The maximum absolute atomic E-state index is 12.3. The molecule has 0 amide bonds. The van der Waals surface area contributed by atoms with Gasteiger partial charge in [0.05, 0.1) is 32.0 Å². The number of fused-ring (bicyclic) bond motifs is 1. The van der Waals surface area contributed by atoms with Crippen molar-refractivity contribution in [2.45, 2.75) is 6.42 Å². The first-order chi connectivity index (χ1) is 9.54. The van der Waals surface area contributed by atoms with E-state index >= 15 is 0 Å². The number of hydrogen-bond acceptors (Lipinski definition) is 6. The van der Waals surface area contributed by atoms with Crippen molar-refractivity contribution in [1.82, 2.24) is 0 Å². The van der Waals surface area contributed by atoms with E-state index in [0.717, 1.165) is 0 Å². The van der Waals surface area contributed by atoms with E-state index in [2.05, 4.69) is 4.74 Å². The van der Waals surface area contributed by atoms with E-state index in [4.69, 9.17) is 4.74 Å². The number of ketones is 1. The molecule has 1 aromatic carbocycles. The number of phenols is 1. The molecule has 2 N–H and O–H groups in total. The van der Waals surface area contributed by atoms with E-state index < -0.39 is 17.7 Å². The number of aliphatic hydroxyl groups is 1. The summed E-state index contributed by atoms with van der Waals surface area (Å²) < 4.78 is 9.58. The second-order valence-electron chi connectivity index (χ2n) is 4.34. The molecule has 6 heteroatoms. The Morgan fingerprint density at radius 2 is 2.10 bits per heavy atom. The van der Waals surface area contributed by atoms with E-state index in [1.54, 1.807) is 6.07 Å². The summed E-state index contributed by atoms with van der Waals surface area (Å²) in [6, 6.07) is 3.12. The van der Waals surface area contributed by atoms with Crippen LogP contribution in [0.1, 0.15) is 15.9 Å². The number of methoxy groups -OCH3 is 2. The predicted octanol–water partition coefficient (Wildman–Crippen LogP) is 1.37. The molecule has 106 valence electrons. The third kappa shape index (κ3) is 1.99. The Morgan fingerprint density at radius 1 is 1.40 bits per heavy atom. The van der Waals surface area contributed by atoms with Gasteiger partial charge in [-0.05, 0) is 18.1 Å². The number of carbonyl (C=O) groups excluding carboxylic acids is 2. The van der Waals surface area contributed by atoms with Gasteiger partial charge in [-0.25, -0.2) is 0 Å². The van der Waals surface area contributed by atoms with Crippen LogP contribution < -0.4 is 4.74 Å². The van der Waals surface area contributed by atoms with Gasteiger partial charge in [-0.3, -0.25) is 9.59 Å². The Bertz CT molecular complexity index is 602. The van der Waals surface area contributed by atoms with Crippen LogP contribution in [0.25, 0.3) is 0 Å². The number of Topliss-reactive ketones (excluding diaryl/α,β-unsaturated/α-hetero) is 1. The van der Waals surface area contributed by atoms with Gasteiger partial charge in [-0.2, -0.15) is 0 Å². The second kappa shape index (κ2) is 5.24. The molecular weight excluding hydrogens is 264 g/mol. The van der Waals surface area contributed by atoms with Crippen LogP contribution in [-0.2, 0) is 16.0 Å². The number of carbonyl (C=O) groups is 2. The number of aliphatic hydroxyl groups excluding tert-OH is 1. The average molecular weight is 278 g/mol. The fourth-order valence-electron chi connectivity index (χ4n) is 2.34. The quantitative estimate of drug-likeness (QED) is 0.482. The van der Waals surface area contributed by atoms with Crippen LogP contribution in [-0.4, -0.2) is 36.2 Å². The topological polar surface area (TPSA) is 93.1 Å². The van der Waals surface area contributed by atoms with Crippen molar-refractivity contribution in [3.63, 3.8) is 0 Å². The summed E-state index contributed by atoms with van der Waals surface area (Å²) >= 11 is 0. The van der Waals surface area contributed by atoms with Gasteiger partial charge in [0.1, 0.15) is 0 Å². The molecule has 0 radical (unpaired) electrons. The number of rotatable bonds is 2. The summed E-state index contributed by atoms with van der Waals surface area (Å²) in [6.07, 6.45) is 0.753. The standard InChI is InChI=1S/C14H14O6/c1-19-10-4-3-7-5-8(14(18)20-2)9(6-15)12(16)11(7)13(10)17/h3-4,6,8,15,17H,5H2,1-2H3/b9-6-. The lowest BCUT2D eigenvalue weighted by Gasteiger charge is -2.25. The van der Waals surface area contributed by atoms with Gasteiger partial charge in [0.15, 0.2) is 17.3 Å². The number of esters is 1. The highest BCUT2D eigenvalue weighted by Crippen LogP contribution is 2.39. The monoisotopic (exact) mass is 278 g/mol. The molecule has 0 aromatic heterocycles. The minimum atomic E-state index is -0.877. The van der Waals surface area contributed by atoms with E-state index in [0.29, 0.717) is 11.8 Å². The highest BCUT2D eigenvalue weighted by atomic mass is 16.5. The molecule has 0 fully saturated rings. The summed E-state index contributed by atoms with van der Waals surface area (Å²) in [7, 11) is 2.58. The van der Waals surface area contributed by atoms with Crippen molar-refractivity contribution in [2.24, 2.45) is 5.92 Å². The zero-order valence-corrected chi connectivity index (χ0v) is 11.0. The molecule has 0 bridgehead atoms. The maximum atomic E-state index is 12.3. The molecule has 0 spiro atoms. The van der Waals surface area contributed by atoms with Crippen LogP contribution >= 0.6 is 0 Å². The minimum absolute atomic E-state index is 0.0461. The Hall–Kier alpha value is -2.50. The Kier molecular flexibility index (Phi) is 3.65. The van der Waals surface area contributed by atoms with Crippen molar-refractivity contribution in [3.05, 3.63) is 35.1 Å². The largest absolute Gasteiger partial charge is 0.515 e. The molecule has 0 saturated heterocycles. The molecule has 6 nitrogen and oxygen atoms in total. The molecule has 20 heavy (non-hydrogen) atoms. The second-order valence-corrected chi connectivity index (χ2v) is 4.34. The van der Waals surface area contributed by atoms with Crippen LogP contribution in [0, 0.1) is 5.92 Å². The lowest BCUT2D eigenvalue weighted by atomic mass is 9.79.